The zero-order chi connectivity index (χ0) is 17.2. The van der Waals surface area contributed by atoms with Crippen molar-refractivity contribution in [3.63, 3.8) is 0 Å². The maximum Gasteiger partial charge on any atom is 0.416 e. The van der Waals surface area contributed by atoms with Gasteiger partial charge in [0.05, 0.1) is 5.56 Å². The molecule has 2 heterocycles. The summed E-state index contributed by atoms with van der Waals surface area (Å²) >= 11 is 0. The Hall–Kier alpha value is -3.23. The number of nitrogens with one attached hydrogen (secondary N) is 1. The predicted octanol–water partition coefficient (Wildman–Crippen LogP) is 2.93. The molecule has 9 heteroatoms. The summed E-state index contributed by atoms with van der Waals surface area (Å²) in [5, 5.41) is 10.2. The number of nitrogens with zero attached hydrogens (tertiary/aromatic N) is 4. The lowest BCUT2D eigenvalue weighted by atomic mass is 10.2. The monoisotopic (exact) mass is 333 g/mol. The van der Waals surface area contributed by atoms with Crippen molar-refractivity contribution in [3.05, 3.63) is 66.4 Å². The molecule has 0 fully saturated rings. The maximum atomic E-state index is 12.5. The minimum Gasteiger partial charge on any atom is -0.321 e. The number of halogens is 3. The lowest BCUT2D eigenvalue weighted by Gasteiger charge is -2.08. The number of carbonyl (C=O) groups is 1. The van der Waals surface area contributed by atoms with E-state index in [-0.39, 0.29) is 11.4 Å². The van der Waals surface area contributed by atoms with Gasteiger partial charge in [-0.05, 0) is 36.4 Å². The van der Waals surface area contributed by atoms with E-state index in [2.05, 4.69) is 20.5 Å². The average molecular weight is 333 g/mol. The number of aromatic nitrogens is 4. The van der Waals surface area contributed by atoms with Crippen molar-refractivity contribution in [2.75, 3.05) is 5.32 Å². The highest BCUT2D eigenvalue weighted by molar-refractivity contribution is 6.02. The molecule has 0 saturated carbocycles. The molecule has 1 amide bonds. The Labute approximate surface area is 134 Å². The van der Waals surface area contributed by atoms with Crippen molar-refractivity contribution < 1.29 is 18.0 Å². The zero-order valence-corrected chi connectivity index (χ0v) is 12.0. The van der Waals surface area contributed by atoms with Gasteiger partial charge in [-0.2, -0.15) is 13.2 Å². The van der Waals surface area contributed by atoms with Crippen molar-refractivity contribution in [2.45, 2.75) is 6.18 Å². The van der Waals surface area contributed by atoms with Gasteiger partial charge >= 0.3 is 6.18 Å². The molecular weight excluding hydrogens is 323 g/mol. The second-order valence-electron chi connectivity index (χ2n) is 4.78. The first-order chi connectivity index (χ1) is 11.4. The Morgan fingerprint density at radius 3 is 2.33 bits per heavy atom. The van der Waals surface area contributed by atoms with Crippen LogP contribution in [0.4, 0.5) is 18.9 Å². The van der Waals surface area contributed by atoms with Gasteiger partial charge in [0.25, 0.3) is 5.91 Å². The summed E-state index contributed by atoms with van der Waals surface area (Å²) in [4.78, 5) is 15.9. The number of carbonyl (C=O) groups excluding carboxylic acids is 1. The molecule has 24 heavy (non-hydrogen) atoms. The van der Waals surface area contributed by atoms with E-state index in [1.54, 1.807) is 23.0 Å². The first-order valence-corrected chi connectivity index (χ1v) is 6.74. The Kier molecular flexibility index (Phi) is 3.98. The van der Waals surface area contributed by atoms with E-state index in [1.165, 1.54) is 24.5 Å². The largest absolute Gasteiger partial charge is 0.416 e. The van der Waals surface area contributed by atoms with Crippen molar-refractivity contribution in [3.8, 4) is 5.82 Å². The second-order valence-corrected chi connectivity index (χ2v) is 4.78. The van der Waals surface area contributed by atoms with Crippen LogP contribution in [0.2, 0.25) is 0 Å². The predicted molar refractivity (Wildman–Crippen MR) is 78.6 cm³/mol. The SMILES string of the molecule is O=C(Nc1ccc(C(F)(F)F)cc1)c1ccc(-n2ccnc2)nn1. The number of amides is 1. The number of hydrogen-bond acceptors (Lipinski definition) is 4. The lowest BCUT2D eigenvalue weighted by Crippen LogP contribution is -2.15. The van der Waals surface area contributed by atoms with Crippen LogP contribution in [-0.2, 0) is 6.18 Å². The molecule has 1 aromatic carbocycles. The summed E-state index contributed by atoms with van der Waals surface area (Å²) in [7, 11) is 0. The molecule has 0 unspecified atom stereocenters. The third-order valence-electron chi connectivity index (χ3n) is 3.12. The minimum atomic E-state index is -4.42. The minimum absolute atomic E-state index is 0.0405. The molecule has 6 nitrogen and oxygen atoms in total. The quantitative estimate of drug-likeness (QED) is 0.800. The first-order valence-electron chi connectivity index (χ1n) is 6.74. The molecule has 3 aromatic rings. The molecular formula is C15H10F3N5O. The average Bonchev–Trinajstić information content (AvgIpc) is 3.09. The molecule has 0 aliphatic heterocycles. The highest BCUT2D eigenvalue weighted by Crippen LogP contribution is 2.29. The van der Waals surface area contributed by atoms with Crippen LogP contribution in [0.15, 0.2) is 55.1 Å². The van der Waals surface area contributed by atoms with Crippen LogP contribution in [0.25, 0.3) is 5.82 Å². The van der Waals surface area contributed by atoms with Crippen molar-refractivity contribution in [2.24, 2.45) is 0 Å². The normalized spacial score (nSPS) is 11.3. The van der Waals surface area contributed by atoms with Gasteiger partial charge in [-0.1, -0.05) is 0 Å². The van der Waals surface area contributed by atoms with Gasteiger partial charge in [0.2, 0.25) is 0 Å². The van der Waals surface area contributed by atoms with Gasteiger partial charge in [-0.25, -0.2) is 4.98 Å². The molecule has 2 aromatic heterocycles. The van der Waals surface area contributed by atoms with Gasteiger partial charge in [-0.15, -0.1) is 10.2 Å². The Bertz CT molecular complexity index is 827. The van der Waals surface area contributed by atoms with Crippen LogP contribution in [0.5, 0.6) is 0 Å². The number of alkyl halides is 3. The standard InChI is InChI=1S/C15H10F3N5O/c16-15(17,18)10-1-3-11(4-2-10)20-14(24)12-5-6-13(22-21-12)23-8-7-19-9-23/h1-9H,(H,20,24). The fourth-order valence-corrected chi connectivity index (χ4v) is 1.92. The topological polar surface area (TPSA) is 72.7 Å². The van der Waals surface area contributed by atoms with Gasteiger partial charge < -0.3 is 5.32 Å². The molecule has 0 saturated heterocycles. The number of imidazole rings is 1. The third-order valence-corrected chi connectivity index (χ3v) is 3.12. The molecule has 0 aliphatic carbocycles. The molecule has 122 valence electrons. The van der Waals surface area contributed by atoms with E-state index >= 15 is 0 Å². The third kappa shape index (κ3) is 3.40. The summed E-state index contributed by atoms with van der Waals surface area (Å²) in [5.74, 6) is -0.0852. The first kappa shape index (κ1) is 15.7. The Morgan fingerprint density at radius 2 is 1.79 bits per heavy atom. The molecule has 0 spiro atoms. The number of benzene rings is 1. The summed E-state index contributed by atoms with van der Waals surface area (Å²) in [5.41, 5.74) is -0.516. The van der Waals surface area contributed by atoms with Crippen molar-refractivity contribution >= 4 is 11.6 Å². The smallest absolute Gasteiger partial charge is 0.321 e. The fourth-order valence-electron chi connectivity index (χ4n) is 1.92. The van der Waals surface area contributed by atoms with Gasteiger partial charge in [-0.3, -0.25) is 9.36 Å². The summed E-state index contributed by atoms with van der Waals surface area (Å²) < 4.78 is 39.1. The summed E-state index contributed by atoms with van der Waals surface area (Å²) in [6.07, 6.45) is 0.363. The van der Waals surface area contributed by atoms with Crippen LogP contribution >= 0.6 is 0 Å². The summed E-state index contributed by atoms with van der Waals surface area (Å²) in [6, 6.07) is 7.17. The van der Waals surface area contributed by atoms with Crippen LogP contribution in [0, 0.1) is 0 Å². The fraction of sp³-hybridized carbons (Fsp3) is 0.0667. The zero-order valence-electron chi connectivity index (χ0n) is 12.0. The number of rotatable bonds is 3. The van der Waals surface area contributed by atoms with Gasteiger partial charge in [0.1, 0.15) is 6.33 Å². The van der Waals surface area contributed by atoms with Crippen LogP contribution in [0.1, 0.15) is 16.1 Å². The molecule has 0 bridgehead atoms. The molecule has 3 rings (SSSR count). The molecule has 0 radical (unpaired) electrons. The number of anilines is 1. The van der Waals surface area contributed by atoms with Gasteiger partial charge in [0.15, 0.2) is 11.5 Å². The van der Waals surface area contributed by atoms with E-state index in [9.17, 15) is 18.0 Å². The number of hydrogen-bond donors (Lipinski definition) is 1. The van der Waals surface area contributed by atoms with E-state index in [4.69, 9.17) is 0 Å². The highest BCUT2D eigenvalue weighted by Gasteiger charge is 2.30. The van der Waals surface area contributed by atoms with Crippen molar-refractivity contribution in [1.29, 1.82) is 0 Å². The second kappa shape index (κ2) is 6.11. The molecule has 0 aliphatic rings. The van der Waals surface area contributed by atoms with Crippen LogP contribution in [0.3, 0.4) is 0 Å². The van der Waals surface area contributed by atoms with Crippen LogP contribution in [-0.4, -0.2) is 25.7 Å². The van der Waals surface area contributed by atoms with Crippen LogP contribution < -0.4 is 5.32 Å². The summed E-state index contributed by atoms with van der Waals surface area (Å²) in [6.45, 7) is 0. The Morgan fingerprint density at radius 1 is 1.04 bits per heavy atom. The Balaban J connectivity index is 1.71. The molecule has 0 atom stereocenters. The van der Waals surface area contributed by atoms with E-state index < -0.39 is 17.6 Å². The maximum absolute atomic E-state index is 12.5. The van der Waals surface area contributed by atoms with Crippen molar-refractivity contribution in [1.82, 2.24) is 19.7 Å². The highest BCUT2D eigenvalue weighted by atomic mass is 19.4. The van der Waals surface area contributed by atoms with E-state index in [1.807, 2.05) is 0 Å². The lowest BCUT2D eigenvalue weighted by molar-refractivity contribution is -0.137. The molecule has 1 N–H and O–H groups in total. The van der Waals surface area contributed by atoms with E-state index in [0.29, 0.717) is 5.82 Å². The van der Waals surface area contributed by atoms with E-state index in [0.717, 1.165) is 12.1 Å². The van der Waals surface area contributed by atoms with Gasteiger partial charge in [0, 0.05) is 18.1 Å².